The van der Waals surface area contributed by atoms with Crippen LogP contribution in [0.5, 0.6) is 0 Å². The van der Waals surface area contributed by atoms with Gasteiger partial charge in [-0.05, 0) is 69.0 Å². The molecule has 6 atom stereocenters. The fourth-order valence-corrected chi connectivity index (χ4v) is 8.28. The van der Waals surface area contributed by atoms with Crippen LogP contribution >= 0.6 is 0 Å². The molecule has 1 saturated carbocycles. The first kappa shape index (κ1) is 23.2. The Bertz CT molecular complexity index is 543. The van der Waals surface area contributed by atoms with Crippen LogP contribution in [0.1, 0.15) is 58.8 Å². The third-order valence-corrected chi connectivity index (χ3v) is 9.58. The lowest BCUT2D eigenvalue weighted by Gasteiger charge is -2.33. The number of fused-ring (bicyclic) bond motifs is 1. The van der Waals surface area contributed by atoms with Gasteiger partial charge in [-0.15, -0.1) is 0 Å². The molecule has 5 nitrogen and oxygen atoms in total. The fraction of sp³-hybridized carbons (Fsp3) is 0.957. The van der Waals surface area contributed by atoms with Crippen molar-refractivity contribution in [3.8, 4) is 6.07 Å². The van der Waals surface area contributed by atoms with Crippen LogP contribution in [0.25, 0.3) is 0 Å². The highest BCUT2D eigenvalue weighted by molar-refractivity contribution is 6.71. The topological polar surface area (TPSA) is 60.7 Å². The van der Waals surface area contributed by atoms with Gasteiger partial charge in [0.05, 0.1) is 24.9 Å². The Balaban J connectivity index is 1.66. The molecule has 6 heteroatoms. The highest BCUT2D eigenvalue weighted by Crippen LogP contribution is 2.43. The average Bonchev–Trinajstić information content (AvgIpc) is 2.85. The molecule has 2 saturated heterocycles. The van der Waals surface area contributed by atoms with Gasteiger partial charge in [-0.3, -0.25) is 0 Å². The molecule has 1 unspecified atom stereocenters. The molecule has 0 N–H and O–H groups in total. The van der Waals surface area contributed by atoms with Gasteiger partial charge in [-0.1, -0.05) is 13.8 Å². The van der Waals surface area contributed by atoms with E-state index in [1.165, 1.54) is 12.5 Å². The van der Waals surface area contributed by atoms with E-state index in [9.17, 15) is 0 Å². The second-order valence-electron chi connectivity index (χ2n) is 10.4. The molecule has 0 bridgehead atoms. The van der Waals surface area contributed by atoms with Crippen LogP contribution in [0, 0.1) is 35.0 Å². The molecule has 0 aromatic heterocycles. The number of ether oxygens (including phenoxy) is 3. The number of hydrogen-bond donors (Lipinski definition) is 0. The van der Waals surface area contributed by atoms with Crippen LogP contribution < -0.4 is 0 Å². The molecule has 0 aromatic carbocycles. The summed E-state index contributed by atoms with van der Waals surface area (Å²) in [5.41, 5.74) is 0. The van der Waals surface area contributed by atoms with Crippen LogP contribution in [-0.4, -0.2) is 46.6 Å². The van der Waals surface area contributed by atoms with Crippen LogP contribution in [-0.2, 0) is 18.6 Å². The van der Waals surface area contributed by atoms with Crippen LogP contribution in [0.3, 0.4) is 0 Å². The fourth-order valence-electron chi connectivity index (χ4n) is 5.55. The van der Waals surface area contributed by atoms with E-state index in [2.05, 4.69) is 33.0 Å². The van der Waals surface area contributed by atoms with E-state index < -0.39 is 8.32 Å². The van der Waals surface area contributed by atoms with Gasteiger partial charge in [0.1, 0.15) is 0 Å². The van der Waals surface area contributed by atoms with Gasteiger partial charge < -0.3 is 18.6 Å². The Labute approximate surface area is 178 Å². The van der Waals surface area contributed by atoms with Crippen LogP contribution in [0.2, 0.25) is 19.1 Å². The van der Waals surface area contributed by atoms with E-state index in [0.29, 0.717) is 36.7 Å². The second-order valence-corrected chi connectivity index (χ2v) is 14.6. The first-order chi connectivity index (χ1) is 13.9. The standard InChI is InChI=1S/C23H41NO4Si/c1-17(2)16-29(3,4)27-15-20-19-9-8-18(10-11-24)14-26-21(19)13-22(20)28-23-7-5-6-12-25-23/h17-23H,5-10,12-16H2,1-4H3/t18-,19-,20-,21+,22-,23?/m1/s1. The van der Waals surface area contributed by atoms with E-state index in [0.717, 1.165) is 45.3 Å². The summed E-state index contributed by atoms with van der Waals surface area (Å²) in [5, 5.41) is 9.08. The van der Waals surface area contributed by atoms with Crippen LogP contribution in [0.4, 0.5) is 0 Å². The lowest BCUT2D eigenvalue weighted by molar-refractivity contribution is -0.198. The minimum absolute atomic E-state index is 0.0640. The molecule has 0 radical (unpaired) electrons. The summed E-state index contributed by atoms with van der Waals surface area (Å²) < 4.78 is 25.3. The van der Waals surface area contributed by atoms with Gasteiger partial charge >= 0.3 is 0 Å². The third-order valence-electron chi connectivity index (χ3n) is 6.83. The monoisotopic (exact) mass is 423 g/mol. The van der Waals surface area contributed by atoms with Crippen molar-refractivity contribution in [2.75, 3.05) is 19.8 Å². The highest BCUT2D eigenvalue weighted by Gasteiger charge is 2.47. The highest BCUT2D eigenvalue weighted by atomic mass is 28.4. The van der Waals surface area contributed by atoms with E-state index in [1.54, 1.807) is 0 Å². The summed E-state index contributed by atoms with van der Waals surface area (Å²) >= 11 is 0. The van der Waals surface area contributed by atoms with Crippen molar-refractivity contribution >= 4 is 8.32 Å². The number of rotatable bonds is 8. The van der Waals surface area contributed by atoms with E-state index in [1.807, 2.05) is 0 Å². The Hall–Kier alpha value is -0.453. The molecule has 3 fully saturated rings. The zero-order valence-corrected chi connectivity index (χ0v) is 19.9. The van der Waals surface area contributed by atoms with Gasteiger partial charge in [0.2, 0.25) is 0 Å². The van der Waals surface area contributed by atoms with Crippen LogP contribution in [0.15, 0.2) is 0 Å². The maximum atomic E-state index is 9.08. The number of nitrogens with zero attached hydrogens (tertiary/aromatic N) is 1. The molecule has 2 heterocycles. The first-order valence-electron chi connectivity index (χ1n) is 11.8. The molecule has 3 aliphatic rings. The zero-order valence-electron chi connectivity index (χ0n) is 18.9. The molecule has 3 rings (SSSR count). The SMILES string of the molecule is CC(C)C[Si](C)(C)OC[C@@H]1[C@H]2CC[C@H](CC#N)CO[C@H]2C[C@H]1OC1CCCCO1. The zero-order chi connectivity index (χ0) is 20.9. The number of nitriles is 1. The van der Waals surface area contributed by atoms with E-state index in [4.69, 9.17) is 23.9 Å². The first-order valence-corrected chi connectivity index (χ1v) is 14.9. The Morgan fingerprint density at radius 2 is 1.97 bits per heavy atom. The van der Waals surface area contributed by atoms with Gasteiger partial charge in [-0.2, -0.15) is 5.26 Å². The maximum Gasteiger partial charge on any atom is 0.186 e. The van der Waals surface area contributed by atoms with E-state index in [-0.39, 0.29) is 18.5 Å². The van der Waals surface area contributed by atoms with Crippen molar-refractivity contribution in [2.45, 2.75) is 96.4 Å². The summed E-state index contributed by atoms with van der Waals surface area (Å²) in [6.45, 7) is 11.5. The summed E-state index contributed by atoms with van der Waals surface area (Å²) in [6.07, 6.45) is 7.37. The normalized spacial score (nSPS) is 35.9. The van der Waals surface area contributed by atoms with Gasteiger partial charge in [-0.25, -0.2) is 0 Å². The van der Waals surface area contributed by atoms with Crippen molar-refractivity contribution < 1.29 is 18.6 Å². The smallest absolute Gasteiger partial charge is 0.186 e. The molecule has 0 spiro atoms. The minimum Gasteiger partial charge on any atom is -0.417 e. The molecule has 0 aromatic rings. The average molecular weight is 424 g/mol. The third kappa shape index (κ3) is 6.77. The second kappa shape index (κ2) is 10.7. The van der Waals surface area contributed by atoms with Crippen molar-refractivity contribution in [1.29, 1.82) is 5.26 Å². The van der Waals surface area contributed by atoms with E-state index >= 15 is 0 Å². The Morgan fingerprint density at radius 3 is 2.66 bits per heavy atom. The summed E-state index contributed by atoms with van der Waals surface area (Å²) in [6, 6.07) is 3.51. The van der Waals surface area contributed by atoms with Gasteiger partial charge in [0.25, 0.3) is 0 Å². The minimum atomic E-state index is -1.68. The molecular weight excluding hydrogens is 382 g/mol. The quantitative estimate of drug-likeness (QED) is 0.507. The lowest BCUT2D eigenvalue weighted by Crippen LogP contribution is -2.39. The molecule has 166 valence electrons. The van der Waals surface area contributed by atoms with Gasteiger partial charge in [0, 0.05) is 32.0 Å². The predicted octanol–water partition coefficient (Wildman–Crippen LogP) is 5.12. The Kier molecular flexibility index (Phi) is 8.58. The summed E-state index contributed by atoms with van der Waals surface area (Å²) in [7, 11) is -1.68. The molecule has 0 amide bonds. The van der Waals surface area contributed by atoms with Crippen molar-refractivity contribution in [1.82, 2.24) is 0 Å². The molecule has 29 heavy (non-hydrogen) atoms. The lowest BCUT2D eigenvalue weighted by atomic mass is 9.87. The molecular formula is C23H41NO4Si. The van der Waals surface area contributed by atoms with Crippen molar-refractivity contribution in [3.05, 3.63) is 0 Å². The van der Waals surface area contributed by atoms with Crippen molar-refractivity contribution in [3.63, 3.8) is 0 Å². The summed E-state index contributed by atoms with van der Waals surface area (Å²) in [5.74, 6) is 1.88. The summed E-state index contributed by atoms with van der Waals surface area (Å²) in [4.78, 5) is 0. The van der Waals surface area contributed by atoms with Crippen molar-refractivity contribution in [2.24, 2.45) is 23.7 Å². The maximum absolute atomic E-state index is 9.08. The molecule has 1 aliphatic carbocycles. The molecule has 2 aliphatic heterocycles. The predicted molar refractivity (Wildman–Crippen MR) is 116 cm³/mol. The Morgan fingerprint density at radius 1 is 1.14 bits per heavy atom. The largest absolute Gasteiger partial charge is 0.417 e. The number of hydrogen-bond acceptors (Lipinski definition) is 5. The van der Waals surface area contributed by atoms with Gasteiger partial charge in [0.15, 0.2) is 14.6 Å².